The Hall–Kier alpha value is -0.293. The first-order chi connectivity index (χ1) is 6.82. The zero-order chi connectivity index (χ0) is 11.6. The maximum Gasteiger partial charge on any atom is 0.348 e. The number of hydrogen-bond acceptors (Lipinski definition) is 2. The Morgan fingerprint density at radius 2 is 2.00 bits per heavy atom. The second kappa shape index (κ2) is 4.70. The standard InChI is InChI=1S/C8H8Cl3NO2Si/c1-6(15(9,10)11)7-3-2-4-8(5-7)12(13)14/h2-6H,1H3. The summed E-state index contributed by atoms with van der Waals surface area (Å²) in [5.41, 5.74) is 0.445. The van der Waals surface area contributed by atoms with E-state index in [1.807, 2.05) is 0 Å². The second-order valence-electron chi connectivity index (χ2n) is 3.12. The normalized spacial score (nSPS) is 13.6. The lowest BCUT2D eigenvalue weighted by molar-refractivity contribution is -0.384. The summed E-state index contributed by atoms with van der Waals surface area (Å²) in [5, 5.41) is 10.5. The lowest BCUT2D eigenvalue weighted by atomic mass is 10.1. The summed E-state index contributed by atoms with van der Waals surface area (Å²) in [5.74, 6) is 0. The fourth-order valence-corrected chi connectivity index (χ4v) is 2.79. The van der Waals surface area contributed by atoms with Gasteiger partial charge in [-0.2, -0.15) is 0 Å². The first-order valence-corrected chi connectivity index (χ1v) is 9.24. The highest BCUT2D eigenvalue weighted by molar-refractivity contribution is 7.65. The van der Waals surface area contributed by atoms with Gasteiger partial charge in [-0.15, -0.1) is 33.2 Å². The molecule has 0 N–H and O–H groups in total. The van der Waals surface area contributed by atoms with E-state index >= 15 is 0 Å². The van der Waals surface area contributed by atoms with Crippen LogP contribution in [0.3, 0.4) is 0 Å². The lowest BCUT2D eigenvalue weighted by Gasteiger charge is -2.17. The van der Waals surface area contributed by atoms with Crippen LogP contribution < -0.4 is 0 Å². The van der Waals surface area contributed by atoms with E-state index in [9.17, 15) is 10.1 Å². The minimum Gasteiger partial charge on any atom is -0.258 e. The van der Waals surface area contributed by atoms with Gasteiger partial charge < -0.3 is 0 Å². The van der Waals surface area contributed by atoms with Crippen LogP contribution in [0.15, 0.2) is 24.3 Å². The molecule has 0 heterocycles. The molecule has 1 aromatic carbocycles. The van der Waals surface area contributed by atoms with E-state index in [2.05, 4.69) is 0 Å². The van der Waals surface area contributed by atoms with Gasteiger partial charge in [0.05, 0.1) is 4.92 Å². The molecule has 1 aromatic rings. The summed E-state index contributed by atoms with van der Waals surface area (Å²) in [6.07, 6.45) is 0. The number of nitro benzene ring substituents is 1. The first-order valence-electron chi connectivity index (χ1n) is 4.13. The number of rotatable bonds is 3. The van der Waals surface area contributed by atoms with E-state index in [4.69, 9.17) is 33.2 Å². The molecule has 1 unspecified atom stereocenters. The van der Waals surface area contributed by atoms with Gasteiger partial charge in [-0.1, -0.05) is 19.1 Å². The van der Waals surface area contributed by atoms with Crippen LogP contribution >= 0.6 is 33.2 Å². The third-order valence-electron chi connectivity index (χ3n) is 2.07. The molecule has 0 spiro atoms. The fraction of sp³-hybridized carbons (Fsp3) is 0.250. The molecule has 1 rings (SSSR count). The van der Waals surface area contributed by atoms with Crippen LogP contribution in [0.5, 0.6) is 0 Å². The van der Waals surface area contributed by atoms with Crippen molar-refractivity contribution in [2.24, 2.45) is 0 Å². The van der Waals surface area contributed by atoms with Crippen molar-refractivity contribution in [3.63, 3.8) is 0 Å². The third-order valence-corrected chi connectivity index (χ3v) is 6.33. The maximum absolute atomic E-state index is 10.5. The highest BCUT2D eigenvalue weighted by atomic mass is 35.8. The van der Waals surface area contributed by atoms with E-state index in [-0.39, 0.29) is 11.2 Å². The second-order valence-corrected chi connectivity index (χ2v) is 12.2. The molecule has 0 fully saturated rings. The summed E-state index contributed by atoms with van der Waals surface area (Å²) in [6.45, 7) is 1.76. The van der Waals surface area contributed by atoms with Crippen LogP contribution in [0.25, 0.3) is 0 Å². The van der Waals surface area contributed by atoms with Crippen molar-refractivity contribution < 1.29 is 4.92 Å². The quantitative estimate of drug-likeness (QED) is 0.366. The van der Waals surface area contributed by atoms with Crippen LogP contribution in [0.1, 0.15) is 18.0 Å². The van der Waals surface area contributed by atoms with E-state index < -0.39 is 10.9 Å². The predicted octanol–water partition coefficient (Wildman–Crippen LogP) is 3.89. The van der Waals surface area contributed by atoms with Crippen LogP contribution in [0, 0.1) is 10.1 Å². The molecule has 3 nitrogen and oxygen atoms in total. The molecule has 0 aliphatic carbocycles. The van der Waals surface area contributed by atoms with Gasteiger partial charge in [0.15, 0.2) is 0 Å². The monoisotopic (exact) mass is 283 g/mol. The Bertz CT molecular complexity index is 380. The molecule has 0 bridgehead atoms. The molecular weight excluding hydrogens is 277 g/mol. The summed E-state index contributed by atoms with van der Waals surface area (Å²) in [7, 11) is 0. The van der Waals surface area contributed by atoms with Gasteiger partial charge in [-0.25, -0.2) is 0 Å². The Kier molecular flexibility index (Phi) is 4.00. The van der Waals surface area contributed by atoms with Crippen molar-refractivity contribution in [1.82, 2.24) is 0 Å². The zero-order valence-electron chi connectivity index (χ0n) is 7.78. The largest absolute Gasteiger partial charge is 0.348 e. The molecular formula is C8H8Cl3NO2Si. The van der Waals surface area contributed by atoms with Gasteiger partial charge in [0, 0.05) is 17.7 Å². The van der Waals surface area contributed by atoms with Gasteiger partial charge in [-0.05, 0) is 5.56 Å². The Labute approximate surface area is 102 Å². The highest BCUT2D eigenvalue weighted by Gasteiger charge is 2.34. The van der Waals surface area contributed by atoms with Crippen molar-refractivity contribution in [3.05, 3.63) is 39.9 Å². The number of nitro groups is 1. The van der Waals surface area contributed by atoms with Gasteiger partial charge in [-0.3, -0.25) is 10.1 Å². The Morgan fingerprint density at radius 3 is 2.47 bits per heavy atom. The topological polar surface area (TPSA) is 43.1 Å². The van der Waals surface area contributed by atoms with E-state index in [1.165, 1.54) is 12.1 Å². The maximum atomic E-state index is 10.5. The number of benzene rings is 1. The first kappa shape index (κ1) is 12.8. The van der Waals surface area contributed by atoms with Crippen LogP contribution in [-0.4, -0.2) is 10.9 Å². The van der Waals surface area contributed by atoms with Crippen LogP contribution in [0.2, 0.25) is 0 Å². The minimum atomic E-state index is -2.87. The molecule has 0 aliphatic rings. The number of non-ortho nitro benzene ring substituents is 1. The number of halogens is 3. The number of nitrogens with zero attached hydrogens (tertiary/aromatic N) is 1. The van der Waals surface area contributed by atoms with E-state index in [0.717, 1.165) is 0 Å². The molecule has 15 heavy (non-hydrogen) atoms. The third kappa shape index (κ3) is 3.34. The van der Waals surface area contributed by atoms with Crippen molar-refractivity contribution in [2.75, 3.05) is 0 Å². The molecule has 0 saturated heterocycles. The molecule has 0 aromatic heterocycles. The molecule has 7 heteroatoms. The van der Waals surface area contributed by atoms with E-state index in [1.54, 1.807) is 19.1 Å². The molecule has 0 amide bonds. The average molecular weight is 285 g/mol. The Balaban J connectivity index is 3.06. The van der Waals surface area contributed by atoms with Gasteiger partial charge in [0.2, 0.25) is 0 Å². The summed E-state index contributed by atoms with van der Waals surface area (Å²) >= 11 is 17.5. The molecule has 0 aliphatic heterocycles. The lowest BCUT2D eigenvalue weighted by Crippen LogP contribution is -2.20. The average Bonchev–Trinajstić information content (AvgIpc) is 2.15. The summed E-state index contributed by atoms with van der Waals surface area (Å²) in [6, 6.07) is 3.31. The highest BCUT2D eigenvalue weighted by Crippen LogP contribution is 2.37. The van der Waals surface area contributed by atoms with Crippen molar-refractivity contribution >= 4 is 44.9 Å². The predicted molar refractivity (Wildman–Crippen MR) is 64.8 cm³/mol. The number of hydrogen-bond donors (Lipinski definition) is 0. The van der Waals surface area contributed by atoms with Crippen LogP contribution in [-0.2, 0) is 0 Å². The molecule has 0 saturated carbocycles. The molecule has 1 atom stereocenters. The minimum absolute atomic E-state index is 0.0163. The van der Waals surface area contributed by atoms with Crippen molar-refractivity contribution in [2.45, 2.75) is 12.5 Å². The van der Waals surface area contributed by atoms with Gasteiger partial charge >= 0.3 is 6.00 Å². The fourth-order valence-electron chi connectivity index (χ4n) is 1.10. The van der Waals surface area contributed by atoms with Gasteiger partial charge in [0.25, 0.3) is 5.69 Å². The van der Waals surface area contributed by atoms with Gasteiger partial charge in [0.1, 0.15) is 0 Å². The van der Waals surface area contributed by atoms with E-state index in [0.29, 0.717) is 5.56 Å². The summed E-state index contributed by atoms with van der Waals surface area (Å²) in [4.78, 5) is 10.1. The van der Waals surface area contributed by atoms with Crippen molar-refractivity contribution in [1.29, 1.82) is 0 Å². The summed E-state index contributed by atoms with van der Waals surface area (Å²) < 4.78 is 0. The van der Waals surface area contributed by atoms with Crippen molar-refractivity contribution in [3.8, 4) is 0 Å². The Morgan fingerprint density at radius 1 is 1.40 bits per heavy atom. The molecule has 82 valence electrons. The SMILES string of the molecule is CC(c1cccc([N+](=O)[O-])c1)[Si](Cl)(Cl)Cl. The van der Waals surface area contributed by atoms with Crippen LogP contribution in [0.4, 0.5) is 5.69 Å². The zero-order valence-corrected chi connectivity index (χ0v) is 11.1. The molecule has 0 radical (unpaired) electrons. The smallest absolute Gasteiger partial charge is 0.258 e.